The van der Waals surface area contributed by atoms with Crippen molar-refractivity contribution in [2.75, 3.05) is 21.3 Å². The molecule has 0 saturated heterocycles. The SMILES string of the molecule is COc1cc([C@H]2Oc3ccc(Cl)cc3[C@H]3CC(c4ccccc4)=NN32)cc(OC)c1OC. The Morgan fingerprint density at radius 3 is 2.31 bits per heavy atom. The minimum Gasteiger partial charge on any atom is -0.493 e. The molecule has 0 aliphatic carbocycles. The average Bonchev–Trinajstić information content (AvgIpc) is 3.29. The molecule has 3 aromatic rings. The van der Waals surface area contributed by atoms with Gasteiger partial charge in [-0.1, -0.05) is 41.9 Å². The molecule has 32 heavy (non-hydrogen) atoms. The zero-order chi connectivity index (χ0) is 22.2. The van der Waals surface area contributed by atoms with E-state index in [1.807, 2.05) is 53.5 Å². The lowest BCUT2D eigenvalue weighted by Gasteiger charge is -2.38. The Balaban J connectivity index is 1.64. The quantitative estimate of drug-likeness (QED) is 0.505. The van der Waals surface area contributed by atoms with Gasteiger partial charge in [0.15, 0.2) is 11.5 Å². The molecule has 2 atom stereocenters. The number of hydrazone groups is 1. The molecule has 0 unspecified atom stereocenters. The maximum atomic E-state index is 6.45. The topological polar surface area (TPSA) is 52.5 Å². The number of halogens is 1. The van der Waals surface area contributed by atoms with E-state index in [-0.39, 0.29) is 6.04 Å². The molecule has 0 aromatic heterocycles. The predicted octanol–water partition coefficient (Wildman–Crippen LogP) is 5.61. The van der Waals surface area contributed by atoms with E-state index in [4.69, 9.17) is 35.6 Å². The molecule has 0 radical (unpaired) electrons. The van der Waals surface area contributed by atoms with Gasteiger partial charge in [0.2, 0.25) is 12.0 Å². The number of ether oxygens (including phenoxy) is 4. The third kappa shape index (κ3) is 3.41. The van der Waals surface area contributed by atoms with Crippen molar-refractivity contribution in [3.8, 4) is 23.0 Å². The summed E-state index contributed by atoms with van der Waals surface area (Å²) in [7, 11) is 4.79. The number of fused-ring (bicyclic) bond motifs is 3. The van der Waals surface area contributed by atoms with Crippen LogP contribution in [-0.4, -0.2) is 32.0 Å². The maximum absolute atomic E-state index is 6.45. The molecule has 2 aliphatic heterocycles. The van der Waals surface area contributed by atoms with Crippen molar-refractivity contribution in [1.82, 2.24) is 5.01 Å². The van der Waals surface area contributed by atoms with Gasteiger partial charge < -0.3 is 18.9 Å². The molecule has 2 aliphatic rings. The Bertz CT molecular complexity index is 1160. The number of hydrogen-bond acceptors (Lipinski definition) is 6. The molecule has 0 bridgehead atoms. The van der Waals surface area contributed by atoms with Crippen molar-refractivity contribution in [3.63, 3.8) is 0 Å². The average molecular weight is 451 g/mol. The molecule has 7 heteroatoms. The molecule has 164 valence electrons. The fourth-order valence-electron chi connectivity index (χ4n) is 4.33. The first-order valence-electron chi connectivity index (χ1n) is 10.3. The summed E-state index contributed by atoms with van der Waals surface area (Å²) in [5.41, 5.74) is 3.97. The largest absolute Gasteiger partial charge is 0.493 e. The highest BCUT2D eigenvalue weighted by Crippen LogP contribution is 2.50. The zero-order valence-corrected chi connectivity index (χ0v) is 18.8. The van der Waals surface area contributed by atoms with Crippen LogP contribution in [0.3, 0.4) is 0 Å². The first-order valence-corrected chi connectivity index (χ1v) is 10.7. The van der Waals surface area contributed by atoms with E-state index in [9.17, 15) is 0 Å². The first-order chi connectivity index (χ1) is 15.6. The standard InChI is InChI=1S/C25H23ClN2O4/c1-29-22-11-16(12-23(30-2)24(22)31-3)25-28-20(18-13-17(26)9-10-21(18)32-25)14-19(27-28)15-7-5-4-6-8-15/h4-13,20,25H,14H2,1-3H3/t20-,25-/m1/s1. The van der Waals surface area contributed by atoms with Gasteiger partial charge in [-0.15, -0.1) is 0 Å². The summed E-state index contributed by atoms with van der Waals surface area (Å²) in [4.78, 5) is 0. The maximum Gasteiger partial charge on any atom is 0.214 e. The summed E-state index contributed by atoms with van der Waals surface area (Å²) in [5, 5.41) is 7.66. The molecule has 2 heterocycles. The third-order valence-electron chi connectivity index (χ3n) is 5.83. The molecular weight excluding hydrogens is 428 g/mol. The molecule has 3 aromatic carbocycles. The van der Waals surface area contributed by atoms with Crippen molar-refractivity contribution >= 4 is 17.3 Å². The van der Waals surface area contributed by atoms with Gasteiger partial charge in [-0.25, -0.2) is 5.01 Å². The van der Waals surface area contributed by atoms with E-state index in [0.717, 1.165) is 34.6 Å². The van der Waals surface area contributed by atoms with E-state index < -0.39 is 6.23 Å². The second-order valence-corrected chi connectivity index (χ2v) is 8.06. The number of benzene rings is 3. The molecule has 0 fully saturated rings. The number of methoxy groups -OCH3 is 3. The highest BCUT2D eigenvalue weighted by molar-refractivity contribution is 6.30. The third-order valence-corrected chi connectivity index (χ3v) is 6.07. The van der Waals surface area contributed by atoms with Gasteiger partial charge in [0.05, 0.1) is 33.1 Å². The van der Waals surface area contributed by atoms with Crippen molar-refractivity contribution in [2.45, 2.75) is 18.7 Å². The van der Waals surface area contributed by atoms with E-state index in [0.29, 0.717) is 22.3 Å². The van der Waals surface area contributed by atoms with Crippen LogP contribution in [0.25, 0.3) is 0 Å². The Labute approximate surface area is 191 Å². The van der Waals surface area contributed by atoms with Crippen LogP contribution in [0.4, 0.5) is 0 Å². The van der Waals surface area contributed by atoms with Crippen LogP contribution >= 0.6 is 11.6 Å². The summed E-state index contributed by atoms with van der Waals surface area (Å²) >= 11 is 6.33. The predicted molar refractivity (Wildman–Crippen MR) is 123 cm³/mol. The van der Waals surface area contributed by atoms with Crippen LogP contribution in [0, 0.1) is 0 Å². The molecule has 0 spiro atoms. The normalized spacial score (nSPS) is 18.9. The zero-order valence-electron chi connectivity index (χ0n) is 18.0. The summed E-state index contributed by atoms with van der Waals surface area (Å²) < 4.78 is 23.1. The van der Waals surface area contributed by atoms with Gasteiger partial charge in [-0.2, -0.15) is 5.10 Å². The molecule has 6 nitrogen and oxygen atoms in total. The first kappa shape index (κ1) is 20.5. The molecule has 0 saturated carbocycles. The fraction of sp³-hybridized carbons (Fsp3) is 0.240. The highest BCUT2D eigenvalue weighted by Gasteiger charge is 2.41. The molecule has 0 amide bonds. The van der Waals surface area contributed by atoms with Crippen LogP contribution in [0.15, 0.2) is 65.8 Å². The lowest BCUT2D eigenvalue weighted by Crippen LogP contribution is -2.33. The second kappa shape index (κ2) is 8.28. The van der Waals surface area contributed by atoms with E-state index in [1.165, 1.54) is 0 Å². The van der Waals surface area contributed by atoms with Crippen LogP contribution in [0.5, 0.6) is 23.0 Å². The van der Waals surface area contributed by atoms with Gasteiger partial charge >= 0.3 is 0 Å². The van der Waals surface area contributed by atoms with Crippen LogP contribution < -0.4 is 18.9 Å². The van der Waals surface area contributed by atoms with Crippen molar-refractivity contribution < 1.29 is 18.9 Å². The number of hydrogen-bond donors (Lipinski definition) is 0. The molecule has 5 rings (SSSR count). The molecule has 0 N–H and O–H groups in total. The number of rotatable bonds is 5. The fourth-order valence-corrected chi connectivity index (χ4v) is 4.51. The van der Waals surface area contributed by atoms with Crippen molar-refractivity contribution in [3.05, 3.63) is 82.4 Å². The van der Waals surface area contributed by atoms with Gasteiger partial charge in [0.25, 0.3) is 0 Å². The van der Waals surface area contributed by atoms with Gasteiger partial charge in [-0.05, 0) is 35.9 Å². The van der Waals surface area contributed by atoms with Crippen LogP contribution in [-0.2, 0) is 0 Å². The lowest BCUT2D eigenvalue weighted by molar-refractivity contribution is -0.0192. The van der Waals surface area contributed by atoms with Gasteiger partial charge in [0.1, 0.15) is 5.75 Å². The van der Waals surface area contributed by atoms with Crippen molar-refractivity contribution in [1.29, 1.82) is 0 Å². The Hall–Kier alpha value is -3.38. The lowest BCUT2D eigenvalue weighted by atomic mass is 9.96. The second-order valence-electron chi connectivity index (χ2n) is 7.62. The van der Waals surface area contributed by atoms with Gasteiger partial charge in [0, 0.05) is 22.6 Å². The van der Waals surface area contributed by atoms with Gasteiger partial charge in [-0.3, -0.25) is 0 Å². The number of nitrogens with zero attached hydrogens (tertiary/aromatic N) is 2. The minimum atomic E-state index is -0.469. The Morgan fingerprint density at radius 2 is 1.66 bits per heavy atom. The Kier molecular flexibility index (Phi) is 5.31. The smallest absolute Gasteiger partial charge is 0.214 e. The summed E-state index contributed by atoms with van der Waals surface area (Å²) in [5.74, 6) is 2.46. The highest BCUT2D eigenvalue weighted by atomic mass is 35.5. The van der Waals surface area contributed by atoms with Crippen molar-refractivity contribution in [2.24, 2.45) is 5.10 Å². The summed E-state index contributed by atoms with van der Waals surface area (Å²) in [6, 6.07) is 19.7. The monoisotopic (exact) mass is 450 g/mol. The molecular formula is C25H23ClN2O4. The van der Waals surface area contributed by atoms with E-state index in [1.54, 1.807) is 21.3 Å². The summed E-state index contributed by atoms with van der Waals surface area (Å²) in [6.07, 6.45) is 0.283. The van der Waals surface area contributed by atoms with E-state index in [2.05, 4.69) is 12.1 Å². The van der Waals surface area contributed by atoms with E-state index >= 15 is 0 Å². The van der Waals surface area contributed by atoms with Crippen LogP contribution in [0.2, 0.25) is 5.02 Å². The minimum absolute atomic E-state index is 0.00301. The Morgan fingerprint density at radius 1 is 0.938 bits per heavy atom. The summed E-state index contributed by atoms with van der Waals surface area (Å²) in [6.45, 7) is 0. The van der Waals surface area contributed by atoms with Crippen LogP contribution in [0.1, 0.15) is 35.4 Å².